The molecule has 1 atom stereocenters. The third-order valence-electron chi connectivity index (χ3n) is 2.98. The molecule has 9 heteroatoms. The zero-order valence-electron chi connectivity index (χ0n) is 12.1. The number of hydrogen-bond donors (Lipinski definition) is 2. The van der Waals surface area contributed by atoms with Crippen LogP contribution in [0.25, 0.3) is 0 Å². The molecule has 0 saturated heterocycles. The summed E-state index contributed by atoms with van der Waals surface area (Å²) in [6, 6.07) is 2.84. The number of halogens is 2. The Labute approximate surface area is 129 Å². The topological polar surface area (TPSA) is 96.9 Å². The summed E-state index contributed by atoms with van der Waals surface area (Å²) in [7, 11) is 0. The van der Waals surface area contributed by atoms with Gasteiger partial charge in [0.25, 0.3) is 5.91 Å². The summed E-state index contributed by atoms with van der Waals surface area (Å²) < 4.78 is 30.8. The average molecular weight is 325 g/mol. The molecule has 2 amide bonds. The van der Waals surface area contributed by atoms with Crippen LogP contribution >= 0.6 is 0 Å². The molecule has 122 valence electrons. The van der Waals surface area contributed by atoms with Crippen LogP contribution in [0.2, 0.25) is 0 Å². The third-order valence-corrected chi connectivity index (χ3v) is 2.98. The molecule has 1 aromatic carbocycles. The molecule has 1 aliphatic heterocycles. The number of rotatable bonds is 4. The van der Waals surface area contributed by atoms with Crippen molar-refractivity contribution >= 4 is 29.2 Å². The number of carbonyl (C=O) groups excluding carboxylic acids is 3. The minimum Gasteiger partial charge on any atom is -0.448 e. The smallest absolute Gasteiger partial charge is 0.355 e. The van der Waals surface area contributed by atoms with Crippen LogP contribution in [0.15, 0.2) is 23.3 Å². The van der Waals surface area contributed by atoms with Crippen molar-refractivity contribution in [3.05, 3.63) is 29.8 Å². The number of amides is 2. The Kier molecular flexibility index (Phi) is 4.99. The van der Waals surface area contributed by atoms with Crippen LogP contribution in [0.5, 0.6) is 0 Å². The van der Waals surface area contributed by atoms with Crippen LogP contribution in [0.3, 0.4) is 0 Å². The summed E-state index contributed by atoms with van der Waals surface area (Å²) in [5, 5.41) is 5.84. The lowest BCUT2D eigenvalue weighted by Gasteiger charge is -2.16. The lowest BCUT2D eigenvalue weighted by Crippen LogP contribution is -2.35. The highest BCUT2D eigenvalue weighted by atomic mass is 19.2. The van der Waals surface area contributed by atoms with Crippen molar-refractivity contribution in [1.29, 1.82) is 0 Å². The molecule has 0 spiro atoms. The minimum atomic E-state index is -1.18. The van der Waals surface area contributed by atoms with E-state index in [0.29, 0.717) is 0 Å². The molecular formula is C14H13F2N3O4. The van der Waals surface area contributed by atoms with Crippen molar-refractivity contribution in [2.45, 2.75) is 25.9 Å². The summed E-state index contributed by atoms with van der Waals surface area (Å²) >= 11 is 0. The van der Waals surface area contributed by atoms with Gasteiger partial charge in [0.1, 0.15) is 5.71 Å². The molecule has 23 heavy (non-hydrogen) atoms. The summed E-state index contributed by atoms with van der Waals surface area (Å²) in [6.07, 6.45) is -0.970. The van der Waals surface area contributed by atoms with Gasteiger partial charge in [-0.05, 0) is 19.1 Å². The fourth-order valence-electron chi connectivity index (χ4n) is 1.72. The Hall–Kier alpha value is -2.84. The zero-order valence-corrected chi connectivity index (χ0v) is 12.1. The van der Waals surface area contributed by atoms with E-state index in [4.69, 9.17) is 4.74 Å². The standard InChI is InChI=1S/C14H13F2N3O4/c1-7(23-14(22)11-4-5-12(20)19-18-11)13(21)17-8-2-3-9(15)10(16)6-8/h2-3,6-7H,4-5H2,1H3,(H,17,21)(H,19,20)/t7-/m1/s1. The monoisotopic (exact) mass is 325 g/mol. The predicted molar refractivity (Wildman–Crippen MR) is 75.4 cm³/mol. The maximum absolute atomic E-state index is 13.1. The molecule has 0 saturated carbocycles. The molecule has 0 unspecified atom stereocenters. The van der Waals surface area contributed by atoms with Gasteiger partial charge in [-0.15, -0.1) is 0 Å². The van der Waals surface area contributed by atoms with E-state index in [0.717, 1.165) is 12.1 Å². The average Bonchev–Trinajstić information content (AvgIpc) is 2.51. The molecular weight excluding hydrogens is 312 g/mol. The molecule has 2 rings (SSSR count). The third kappa shape index (κ3) is 4.31. The highest BCUT2D eigenvalue weighted by Crippen LogP contribution is 2.14. The fourth-order valence-corrected chi connectivity index (χ4v) is 1.72. The second kappa shape index (κ2) is 6.95. The van der Waals surface area contributed by atoms with Crippen LogP contribution in [-0.2, 0) is 19.1 Å². The van der Waals surface area contributed by atoms with Gasteiger partial charge in [0, 0.05) is 24.6 Å². The first kappa shape index (κ1) is 16.5. The molecule has 1 heterocycles. The van der Waals surface area contributed by atoms with E-state index in [9.17, 15) is 23.2 Å². The van der Waals surface area contributed by atoms with Crippen molar-refractivity contribution in [3.8, 4) is 0 Å². The second-order valence-electron chi connectivity index (χ2n) is 4.76. The van der Waals surface area contributed by atoms with E-state index in [1.54, 1.807) is 0 Å². The van der Waals surface area contributed by atoms with Crippen LogP contribution in [-0.4, -0.2) is 29.6 Å². The van der Waals surface area contributed by atoms with Crippen molar-refractivity contribution in [2.24, 2.45) is 5.10 Å². The van der Waals surface area contributed by atoms with Gasteiger partial charge in [-0.2, -0.15) is 5.10 Å². The van der Waals surface area contributed by atoms with Crippen LogP contribution in [0.4, 0.5) is 14.5 Å². The van der Waals surface area contributed by atoms with Crippen molar-refractivity contribution in [1.82, 2.24) is 5.43 Å². The highest BCUT2D eigenvalue weighted by molar-refractivity contribution is 6.37. The number of nitrogens with one attached hydrogen (secondary N) is 2. The molecule has 0 aromatic heterocycles. The lowest BCUT2D eigenvalue weighted by atomic mass is 10.2. The normalized spacial score (nSPS) is 15.3. The molecule has 7 nitrogen and oxygen atoms in total. The van der Waals surface area contributed by atoms with E-state index in [-0.39, 0.29) is 30.1 Å². The molecule has 1 aromatic rings. The number of ether oxygens (including phenoxy) is 1. The molecule has 0 radical (unpaired) electrons. The maximum atomic E-state index is 13.1. The van der Waals surface area contributed by atoms with Crippen LogP contribution in [0, 0.1) is 11.6 Å². The molecule has 0 aliphatic carbocycles. The number of anilines is 1. The number of hydrogen-bond acceptors (Lipinski definition) is 5. The first-order valence-corrected chi connectivity index (χ1v) is 6.69. The molecule has 0 fully saturated rings. The predicted octanol–water partition coefficient (Wildman–Crippen LogP) is 1.10. The van der Waals surface area contributed by atoms with Gasteiger partial charge >= 0.3 is 5.97 Å². The van der Waals surface area contributed by atoms with Crippen molar-refractivity contribution in [3.63, 3.8) is 0 Å². The van der Waals surface area contributed by atoms with E-state index < -0.39 is 29.6 Å². The SMILES string of the molecule is C[C@@H](OC(=O)C1=NNC(=O)CC1)C(=O)Nc1ccc(F)c(F)c1. The fraction of sp³-hybridized carbons (Fsp3) is 0.286. The number of nitrogens with zero attached hydrogens (tertiary/aromatic N) is 1. The maximum Gasteiger partial charge on any atom is 0.355 e. The van der Waals surface area contributed by atoms with E-state index in [1.165, 1.54) is 13.0 Å². The Morgan fingerprint density at radius 3 is 2.65 bits per heavy atom. The van der Waals surface area contributed by atoms with Crippen molar-refractivity contribution < 1.29 is 27.9 Å². The number of hydrazone groups is 1. The Morgan fingerprint density at radius 1 is 1.30 bits per heavy atom. The van der Waals surface area contributed by atoms with Gasteiger partial charge in [0.2, 0.25) is 5.91 Å². The second-order valence-corrected chi connectivity index (χ2v) is 4.76. The number of esters is 1. The summed E-state index contributed by atoms with van der Waals surface area (Å²) in [4.78, 5) is 34.6. The van der Waals surface area contributed by atoms with Gasteiger partial charge < -0.3 is 10.1 Å². The Morgan fingerprint density at radius 2 is 2.04 bits per heavy atom. The minimum absolute atomic E-state index is 0.00271. The molecule has 2 N–H and O–H groups in total. The molecule has 0 bridgehead atoms. The van der Waals surface area contributed by atoms with Gasteiger partial charge in [-0.25, -0.2) is 19.0 Å². The summed E-state index contributed by atoms with van der Waals surface area (Å²) in [5.74, 6) is -4.02. The van der Waals surface area contributed by atoms with Crippen LogP contribution in [0.1, 0.15) is 19.8 Å². The number of benzene rings is 1. The van der Waals surface area contributed by atoms with Gasteiger partial charge in [-0.3, -0.25) is 9.59 Å². The van der Waals surface area contributed by atoms with Crippen LogP contribution < -0.4 is 10.7 Å². The lowest BCUT2D eigenvalue weighted by molar-refractivity contribution is -0.146. The quantitative estimate of drug-likeness (QED) is 0.810. The summed E-state index contributed by atoms with van der Waals surface area (Å²) in [5.41, 5.74) is 2.16. The van der Waals surface area contributed by atoms with Crippen molar-refractivity contribution in [2.75, 3.05) is 5.32 Å². The largest absolute Gasteiger partial charge is 0.448 e. The highest BCUT2D eigenvalue weighted by Gasteiger charge is 2.24. The zero-order chi connectivity index (χ0) is 17.0. The van der Waals surface area contributed by atoms with Gasteiger partial charge in [-0.1, -0.05) is 0 Å². The van der Waals surface area contributed by atoms with Gasteiger partial charge in [0.05, 0.1) is 0 Å². The van der Waals surface area contributed by atoms with E-state index in [2.05, 4.69) is 15.8 Å². The summed E-state index contributed by atoms with van der Waals surface area (Å²) in [6.45, 7) is 1.31. The first-order valence-electron chi connectivity index (χ1n) is 6.69. The van der Waals surface area contributed by atoms with E-state index in [1.807, 2.05) is 0 Å². The first-order chi connectivity index (χ1) is 10.9. The Bertz CT molecular complexity index is 691. The van der Waals surface area contributed by atoms with Gasteiger partial charge in [0.15, 0.2) is 17.7 Å². The number of carbonyl (C=O) groups is 3. The van der Waals surface area contributed by atoms with E-state index >= 15 is 0 Å². The molecule has 1 aliphatic rings. The Balaban J connectivity index is 1.93.